The number of nitro benzene ring substituents is 1. The summed E-state index contributed by atoms with van der Waals surface area (Å²) in [7, 11) is 0. The van der Waals surface area contributed by atoms with Crippen LogP contribution in [0.1, 0.15) is 18.9 Å². The molecule has 1 saturated heterocycles. The Balaban J connectivity index is 2.33. The number of non-ortho nitro benzene ring substituents is 1. The first-order valence-electron chi connectivity index (χ1n) is 6.14. The molecule has 1 fully saturated rings. The van der Waals surface area contributed by atoms with Gasteiger partial charge in [-0.1, -0.05) is 22.0 Å². The van der Waals surface area contributed by atoms with Crippen molar-refractivity contribution in [2.45, 2.75) is 25.9 Å². The zero-order valence-corrected chi connectivity index (χ0v) is 12.4. The number of ether oxygens (including phenoxy) is 1. The SMILES string of the molecule is CC1OCCC1(Cc1ccc([N+](=O)[O-])cc1Br)C(=O)O. The lowest BCUT2D eigenvalue weighted by Gasteiger charge is -2.27. The van der Waals surface area contributed by atoms with Crippen LogP contribution in [0.25, 0.3) is 0 Å². The van der Waals surface area contributed by atoms with Crippen molar-refractivity contribution < 1.29 is 19.6 Å². The minimum atomic E-state index is -0.974. The molecule has 0 spiro atoms. The third-order valence-corrected chi connectivity index (χ3v) is 4.61. The maximum Gasteiger partial charge on any atom is 0.312 e. The molecule has 6 nitrogen and oxygen atoms in total. The molecule has 1 aromatic carbocycles. The maximum atomic E-state index is 11.6. The second-order valence-corrected chi connectivity index (χ2v) is 5.79. The molecule has 2 rings (SSSR count). The summed E-state index contributed by atoms with van der Waals surface area (Å²) >= 11 is 3.28. The van der Waals surface area contributed by atoms with Gasteiger partial charge in [0.2, 0.25) is 0 Å². The van der Waals surface area contributed by atoms with Gasteiger partial charge >= 0.3 is 5.97 Å². The molecule has 0 amide bonds. The molecule has 108 valence electrons. The van der Waals surface area contributed by atoms with Gasteiger partial charge in [0.1, 0.15) is 0 Å². The lowest BCUT2D eigenvalue weighted by atomic mass is 9.76. The highest BCUT2D eigenvalue weighted by atomic mass is 79.9. The molecular formula is C13H14BrNO5. The van der Waals surface area contributed by atoms with Crippen molar-refractivity contribution in [2.75, 3.05) is 6.61 Å². The standard InChI is InChI=1S/C13H14BrNO5/c1-8-13(12(16)17,4-5-20-8)7-9-2-3-10(15(18)19)6-11(9)14/h2-3,6,8H,4-5,7H2,1H3,(H,16,17). The molecule has 2 unspecified atom stereocenters. The van der Waals surface area contributed by atoms with E-state index in [9.17, 15) is 20.0 Å². The summed E-state index contributed by atoms with van der Waals surface area (Å²) in [4.78, 5) is 21.8. The van der Waals surface area contributed by atoms with E-state index in [-0.39, 0.29) is 18.2 Å². The summed E-state index contributed by atoms with van der Waals surface area (Å²) in [5.41, 5.74) is -0.269. The Morgan fingerprint density at radius 1 is 1.65 bits per heavy atom. The van der Waals surface area contributed by atoms with Crippen LogP contribution in [0.3, 0.4) is 0 Å². The molecule has 0 aromatic heterocycles. The monoisotopic (exact) mass is 343 g/mol. The molecule has 1 aliphatic heterocycles. The summed E-state index contributed by atoms with van der Waals surface area (Å²) < 4.78 is 5.95. The molecule has 1 aromatic rings. The van der Waals surface area contributed by atoms with Gasteiger partial charge in [0.25, 0.3) is 5.69 Å². The smallest absolute Gasteiger partial charge is 0.312 e. The molecule has 1 N–H and O–H groups in total. The second kappa shape index (κ2) is 5.49. The molecule has 1 heterocycles. The molecule has 7 heteroatoms. The molecule has 0 aliphatic carbocycles. The predicted octanol–water partition coefficient (Wildman–Crippen LogP) is 2.78. The Kier molecular flexibility index (Phi) is 4.10. The molecule has 0 bridgehead atoms. The first-order chi connectivity index (χ1) is 9.36. The topological polar surface area (TPSA) is 89.7 Å². The van der Waals surface area contributed by atoms with Crippen LogP contribution in [-0.4, -0.2) is 28.7 Å². The Morgan fingerprint density at radius 2 is 2.35 bits per heavy atom. The highest BCUT2D eigenvalue weighted by Crippen LogP contribution is 2.40. The highest BCUT2D eigenvalue weighted by molar-refractivity contribution is 9.10. The van der Waals surface area contributed by atoms with E-state index in [0.29, 0.717) is 17.5 Å². The molecule has 2 atom stereocenters. The van der Waals surface area contributed by atoms with E-state index >= 15 is 0 Å². The van der Waals surface area contributed by atoms with Crippen LogP contribution in [0.15, 0.2) is 22.7 Å². The third-order valence-electron chi connectivity index (χ3n) is 3.87. The zero-order valence-electron chi connectivity index (χ0n) is 10.8. The van der Waals surface area contributed by atoms with Gasteiger partial charge < -0.3 is 9.84 Å². The quantitative estimate of drug-likeness (QED) is 0.670. The first-order valence-corrected chi connectivity index (χ1v) is 6.94. The van der Waals surface area contributed by atoms with Crippen molar-refractivity contribution in [1.29, 1.82) is 0 Å². The Hall–Kier alpha value is -1.47. The lowest BCUT2D eigenvalue weighted by Crippen LogP contribution is -2.39. The number of halogens is 1. The molecular weight excluding hydrogens is 330 g/mol. The number of nitrogens with zero attached hydrogens (tertiary/aromatic N) is 1. The summed E-state index contributed by atoms with van der Waals surface area (Å²) in [6.45, 7) is 2.17. The average molecular weight is 344 g/mol. The van der Waals surface area contributed by atoms with Crippen molar-refractivity contribution in [1.82, 2.24) is 0 Å². The number of aliphatic carboxylic acids is 1. The van der Waals surface area contributed by atoms with Gasteiger partial charge in [0.05, 0.1) is 16.4 Å². The van der Waals surface area contributed by atoms with E-state index in [1.54, 1.807) is 13.0 Å². The largest absolute Gasteiger partial charge is 0.481 e. The number of rotatable bonds is 4. The summed E-state index contributed by atoms with van der Waals surface area (Å²) in [5.74, 6) is -0.896. The normalized spacial score (nSPS) is 25.6. The van der Waals surface area contributed by atoms with Gasteiger partial charge in [-0.25, -0.2) is 0 Å². The molecule has 0 saturated carbocycles. The summed E-state index contributed by atoms with van der Waals surface area (Å²) in [6, 6.07) is 4.37. The number of hydrogen-bond acceptors (Lipinski definition) is 4. The van der Waals surface area contributed by atoms with E-state index in [4.69, 9.17) is 4.74 Å². The van der Waals surface area contributed by atoms with Crippen LogP contribution < -0.4 is 0 Å². The van der Waals surface area contributed by atoms with Gasteiger partial charge in [-0.05, 0) is 25.3 Å². The van der Waals surface area contributed by atoms with Crippen LogP contribution in [0.2, 0.25) is 0 Å². The van der Waals surface area contributed by atoms with Crippen LogP contribution in [0, 0.1) is 15.5 Å². The van der Waals surface area contributed by atoms with E-state index in [2.05, 4.69) is 15.9 Å². The number of carbonyl (C=O) groups is 1. The maximum absolute atomic E-state index is 11.6. The Bertz CT molecular complexity index is 562. The fraction of sp³-hybridized carbons (Fsp3) is 0.462. The Morgan fingerprint density at radius 3 is 2.80 bits per heavy atom. The average Bonchev–Trinajstić information content (AvgIpc) is 2.74. The zero-order chi connectivity index (χ0) is 14.9. The first kappa shape index (κ1) is 14.9. The predicted molar refractivity (Wildman–Crippen MR) is 74.6 cm³/mol. The van der Waals surface area contributed by atoms with E-state index in [1.165, 1.54) is 12.1 Å². The van der Waals surface area contributed by atoms with Crippen LogP contribution in [0.4, 0.5) is 5.69 Å². The van der Waals surface area contributed by atoms with Crippen molar-refractivity contribution in [3.8, 4) is 0 Å². The van der Waals surface area contributed by atoms with E-state index < -0.39 is 16.3 Å². The number of benzene rings is 1. The van der Waals surface area contributed by atoms with Crippen molar-refractivity contribution in [3.63, 3.8) is 0 Å². The summed E-state index contributed by atoms with van der Waals surface area (Å²) in [6.07, 6.45) is 0.330. The molecule has 1 aliphatic rings. The second-order valence-electron chi connectivity index (χ2n) is 4.93. The number of nitro groups is 1. The third kappa shape index (κ3) is 2.55. The molecule has 0 radical (unpaired) electrons. The summed E-state index contributed by atoms with van der Waals surface area (Å²) in [5, 5.41) is 20.2. The van der Waals surface area contributed by atoms with Gasteiger partial charge in [-0.15, -0.1) is 0 Å². The lowest BCUT2D eigenvalue weighted by molar-refractivity contribution is -0.384. The van der Waals surface area contributed by atoms with E-state index in [0.717, 1.165) is 5.56 Å². The molecule has 20 heavy (non-hydrogen) atoms. The number of hydrogen-bond donors (Lipinski definition) is 1. The minimum absolute atomic E-state index is 0.0271. The van der Waals surface area contributed by atoms with Crippen molar-refractivity contribution in [2.24, 2.45) is 5.41 Å². The minimum Gasteiger partial charge on any atom is -0.481 e. The van der Waals surface area contributed by atoms with Gasteiger partial charge in [0.15, 0.2) is 0 Å². The van der Waals surface area contributed by atoms with Crippen LogP contribution in [0.5, 0.6) is 0 Å². The highest BCUT2D eigenvalue weighted by Gasteiger charge is 2.48. The number of carboxylic acids is 1. The van der Waals surface area contributed by atoms with Crippen LogP contribution in [-0.2, 0) is 16.0 Å². The number of carboxylic acid groups (broad SMARTS) is 1. The van der Waals surface area contributed by atoms with Crippen LogP contribution >= 0.6 is 15.9 Å². The van der Waals surface area contributed by atoms with Gasteiger partial charge in [0, 0.05) is 23.2 Å². The fourth-order valence-corrected chi connectivity index (χ4v) is 3.01. The van der Waals surface area contributed by atoms with Gasteiger partial charge in [-0.3, -0.25) is 14.9 Å². The van der Waals surface area contributed by atoms with Gasteiger partial charge in [-0.2, -0.15) is 0 Å². The van der Waals surface area contributed by atoms with E-state index in [1.807, 2.05) is 0 Å². The Labute approximate surface area is 124 Å². The fourth-order valence-electron chi connectivity index (χ4n) is 2.50. The van der Waals surface area contributed by atoms with Crippen molar-refractivity contribution in [3.05, 3.63) is 38.3 Å². The van der Waals surface area contributed by atoms with Crippen molar-refractivity contribution >= 4 is 27.6 Å².